The second-order valence-electron chi connectivity index (χ2n) is 10.5. The van der Waals surface area contributed by atoms with E-state index in [2.05, 4.69) is 39.0 Å². The Hall–Kier alpha value is -2.89. The van der Waals surface area contributed by atoms with Crippen molar-refractivity contribution in [3.63, 3.8) is 0 Å². The van der Waals surface area contributed by atoms with Crippen molar-refractivity contribution in [2.24, 2.45) is 5.92 Å². The molecule has 2 aromatic carbocycles. The van der Waals surface area contributed by atoms with Gasteiger partial charge in [0.05, 0.1) is 0 Å². The third-order valence-electron chi connectivity index (χ3n) is 7.80. The number of carbonyl (C=O) groups excluding carboxylic acids is 1. The fraction of sp³-hybridized carbons (Fsp3) is 0.438. The summed E-state index contributed by atoms with van der Waals surface area (Å²) < 4.78 is 13.3. The predicted molar refractivity (Wildman–Crippen MR) is 148 cm³/mol. The normalized spacial score (nSPS) is 17.0. The Kier molecular flexibility index (Phi) is 9.59. The molecule has 37 heavy (non-hydrogen) atoms. The van der Waals surface area contributed by atoms with E-state index < -0.39 is 0 Å². The second-order valence-corrected chi connectivity index (χ2v) is 10.5. The van der Waals surface area contributed by atoms with E-state index in [1.807, 2.05) is 30.6 Å². The molecule has 0 radical (unpaired) electrons. The van der Waals surface area contributed by atoms with Crippen LogP contribution < -0.4 is 0 Å². The lowest BCUT2D eigenvalue weighted by atomic mass is 9.89. The minimum absolute atomic E-state index is 0. The van der Waals surface area contributed by atoms with Crippen LogP contribution in [0.3, 0.4) is 0 Å². The van der Waals surface area contributed by atoms with Gasteiger partial charge in [0.25, 0.3) is 0 Å². The molecule has 196 valence electrons. The summed E-state index contributed by atoms with van der Waals surface area (Å²) in [7, 11) is 0. The van der Waals surface area contributed by atoms with Crippen LogP contribution in [0.25, 0.3) is 0 Å². The van der Waals surface area contributed by atoms with E-state index in [4.69, 9.17) is 0 Å². The average molecular weight is 502 g/mol. The van der Waals surface area contributed by atoms with Crippen molar-refractivity contribution in [3.05, 3.63) is 101 Å². The van der Waals surface area contributed by atoms with Crippen molar-refractivity contribution in [1.29, 1.82) is 0 Å². The molecule has 2 aliphatic rings. The molecule has 0 spiro atoms. The van der Waals surface area contributed by atoms with Gasteiger partial charge in [-0.2, -0.15) is 0 Å². The zero-order valence-corrected chi connectivity index (χ0v) is 21.0. The van der Waals surface area contributed by atoms with Gasteiger partial charge in [0.1, 0.15) is 5.82 Å². The number of pyridine rings is 1. The van der Waals surface area contributed by atoms with Crippen LogP contribution in [0.1, 0.15) is 72.1 Å². The third-order valence-corrected chi connectivity index (χ3v) is 7.80. The summed E-state index contributed by atoms with van der Waals surface area (Å²) >= 11 is 0. The lowest BCUT2D eigenvalue weighted by Gasteiger charge is -2.31. The number of rotatable bonds is 8. The smallest absolute Gasteiger partial charge is 0.162 e. The molecule has 1 saturated heterocycles. The van der Waals surface area contributed by atoms with Crippen LogP contribution >= 0.6 is 0 Å². The molecule has 0 saturated carbocycles. The monoisotopic (exact) mass is 501 g/mol. The van der Waals surface area contributed by atoms with Gasteiger partial charge in [-0.05, 0) is 110 Å². The first kappa shape index (κ1) is 27.2. The molecule has 2 aliphatic heterocycles. The largest absolute Gasteiger partial charge is 0.299 e. The van der Waals surface area contributed by atoms with Crippen molar-refractivity contribution in [1.82, 2.24) is 14.8 Å². The topological polar surface area (TPSA) is 36.4 Å². The Morgan fingerprint density at radius 2 is 1.57 bits per heavy atom. The Bertz CT molecular complexity index is 1140. The molecule has 3 heterocycles. The van der Waals surface area contributed by atoms with Crippen molar-refractivity contribution in [2.75, 3.05) is 19.6 Å². The number of fused-ring (bicyclic) bond motifs is 1. The number of likely N-dealkylation sites (tertiary alicyclic amines) is 1. The number of aryl methyl sites for hydroxylation is 1. The molecule has 4 nitrogen and oxygen atoms in total. The van der Waals surface area contributed by atoms with Crippen LogP contribution in [0.15, 0.2) is 67.0 Å². The van der Waals surface area contributed by atoms with Crippen molar-refractivity contribution in [3.8, 4) is 0 Å². The number of ketones is 1. The number of hydrogen-bond acceptors (Lipinski definition) is 4. The molecule has 1 aromatic heterocycles. The van der Waals surface area contributed by atoms with E-state index in [0.717, 1.165) is 69.7 Å². The van der Waals surface area contributed by atoms with E-state index in [1.54, 1.807) is 0 Å². The number of carbonyl (C=O) groups is 1. The first-order valence-corrected chi connectivity index (χ1v) is 13.4. The SMILES string of the molecule is C.O=C(CCC1CCN(Cc2ccncc2)CC1)c1ccc2c(c1)CN(Cc1ccc(F)cc1)CCC2. The number of benzene rings is 2. The molecule has 0 atom stereocenters. The standard InChI is InChI=1S/C31H36FN3O.CH4/c32-30-8-3-25(4-9-30)22-35-17-1-2-27-6-7-28(20-29(27)23-35)31(36)10-5-24-13-18-34(19-14-24)21-26-11-15-33-16-12-26;/h3-4,6-9,11-12,15-16,20,24H,1-2,5,10,13-14,17-19,21-23H2;1H4. The van der Waals surface area contributed by atoms with Gasteiger partial charge in [0.15, 0.2) is 5.78 Å². The quantitative estimate of drug-likeness (QED) is 0.323. The van der Waals surface area contributed by atoms with E-state index in [9.17, 15) is 9.18 Å². The summed E-state index contributed by atoms with van der Waals surface area (Å²) in [4.78, 5) is 22.1. The maximum absolute atomic E-state index is 13.3. The summed E-state index contributed by atoms with van der Waals surface area (Å²) in [5, 5.41) is 0. The van der Waals surface area contributed by atoms with Crippen molar-refractivity contribution >= 4 is 5.78 Å². The van der Waals surface area contributed by atoms with Gasteiger partial charge in [-0.1, -0.05) is 31.7 Å². The number of hydrogen-bond donors (Lipinski definition) is 0. The molecule has 3 aromatic rings. The molecule has 0 aliphatic carbocycles. The molecule has 5 heteroatoms. The van der Waals surface area contributed by atoms with E-state index >= 15 is 0 Å². The molecule has 1 fully saturated rings. The van der Waals surface area contributed by atoms with Gasteiger partial charge in [0.2, 0.25) is 0 Å². The Balaban J connectivity index is 0.00000320. The van der Waals surface area contributed by atoms with Crippen molar-refractivity contribution < 1.29 is 9.18 Å². The lowest BCUT2D eigenvalue weighted by molar-refractivity contribution is 0.0961. The van der Waals surface area contributed by atoms with Gasteiger partial charge in [-0.25, -0.2) is 4.39 Å². The number of piperidine rings is 1. The number of Topliss-reactive ketones (excluding diaryl/α,β-unsaturated/α-hetero) is 1. The molecule has 5 rings (SSSR count). The van der Waals surface area contributed by atoms with Gasteiger partial charge >= 0.3 is 0 Å². The Labute approximate surface area is 221 Å². The van der Waals surface area contributed by atoms with Crippen LogP contribution in [0.5, 0.6) is 0 Å². The number of nitrogens with zero attached hydrogens (tertiary/aromatic N) is 3. The molecular weight excluding hydrogens is 461 g/mol. The first-order valence-electron chi connectivity index (χ1n) is 13.4. The molecular formula is C32H40FN3O. The van der Waals surface area contributed by atoms with Gasteiger partial charge in [-0.3, -0.25) is 19.6 Å². The van der Waals surface area contributed by atoms with Crippen LogP contribution in [-0.4, -0.2) is 40.2 Å². The third kappa shape index (κ3) is 7.56. The minimum Gasteiger partial charge on any atom is -0.299 e. The predicted octanol–water partition coefficient (Wildman–Crippen LogP) is 6.68. The summed E-state index contributed by atoms with van der Waals surface area (Å²) in [6.45, 7) is 5.84. The van der Waals surface area contributed by atoms with Crippen LogP contribution in [-0.2, 0) is 26.1 Å². The van der Waals surface area contributed by atoms with Crippen LogP contribution in [0, 0.1) is 11.7 Å². The number of aromatic nitrogens is 1. The fourth-order valence-corrected chi connectivity index (χ4v) is 5.65. The summed E-state index contributed by atoms with van der Waals surface area (Å²) in [5.74, 6) is 0.708. The highest BCUT2D eigenvalue weighted by atomic mass is 19.1. The molecule has 0 bridgehead atoms. The molecule has 0 unspecified atom stereocenters. The summed E-state index contributed by atoms with van der Waals surface area (Å²) in [6.07, 6.45) is 9.81. The Morgan fingerprint density at radius 1 is 0.865 bits per heavy atom. The highest BCUT2D eigenvalue weighted by molar-refractivity contribution is 5.96. The van der Waals surface area contributed by atoms with E-state index in [0.29, 0.717) is 12.3 Å². The average Bonchev–Trinajstić information content (AvgIpc) is 3.11. The van der Waals surface area contributed by atoms with Gasteiger partial charge in [0, 0.05) is 44.0 Å². The van der Waals surface area contributed by atoms with Gasteiger partial charge in [-0.15, -0.1) is 0 Å². The van der Waals surface area contributed by atoms with Crippen LogP contribution in [0.2, 0.25) is 0 Å². The minimum atomic E-state index is -0.196. The molecule has 0 N–H and O–H groups in total. The maximum Gasteiger partial charge on any atom is 0.162 e. The first-order chi connectivity index (χ1) is 17.6. The Morgan fingerprint density at radius 3 is 2.32 bits per heavy atom. The second kappa shape index (κ2) is 13.1. The molecule has 0 amide bonds. The summed E-state index contributed by atoms with van der Waals surface area (Å²) in [6, 6.07) is 17.3. The summed E-state index contributed by atoms with van der Waals surface area (Å²) in [5.41, 5.74) is 5.92. The fourth-order valence-electron chi connectivity index (χ4n) is 5.65. The highest BCUT2D eigenvalue weighted by Gasteiger charge is 2.21. The lowest BCUT2D eigenvalue weighted by Crippen LogP contribution is -2.33. The zero-order valence-electron chi connectivity index (χ0n) is 21.0. The van der Waals surface area contributed by atoms with E-state index in [-0.39, 0.29) is 19.0 Å². The van der Waals surface area contributed by atoms with Gasteiger partial charge < -0.3 is 0 Å². The number of halogens is 1. The zero-order chi connectivity index (χ0) is 24.7. The van der Waals surface area contributed by atoms with Crippen molar-refractivity contribution in [2.45, 2.75) is 65.6 Å². The maximum atomic E-state index is 13.3. The highest BCUT2D eigenvalue weighted by Crippen LogP contribution is 2.26. The van der Waals surface area contributed by atoms with E-state index in [1.165, 1.54) is 41.7 Å². The van der Waals surface area contributed by atoms with Crippen LogP contribution in [0.4, 0.5) is 4.39 Å².